The van der Waals surface area contributed by atoms with Gasteiger partial charge in [-0.25, -0.2) is 0 Å². The fraction of sp³-hybridized carbons (Fsp3) is 1.00. The quantitative estimate of drug-likeness (QED) is 0.285. The normalized spacial score (nSPS) is 17.7. The molecule has 20 heavy (non-hydrogen) atoms. The fourth-order valence-electron chi connectivity index (χ4n) is 3.05. The molecule has 0 aliphatic heterocycles. The minimum atomic E-state index is 0.528. The molecule has 0 aromatic heterocycles. The summed E-state index contributed by atoms with van der Waals surface area (Å²) in [5, 5.41) is 0.921. The molecule has 0 heterocycles. The average molecular weight is 301 g/mol. The molecule has 1 rings (SSSR count). The van der Waals surface area contributed by atoms with Gasteiger partial charge in [0.15, 0.2) is 0 Å². The van der Waals surface area contributed by atoms with Gasteiger partial charge in [0, 0.05) is 17.0 Å². The van der Waals surface area contributed by atoms with Crippen LogP contribution in [0.3, 0.4) is 0 Å². The van der Waals surface area contributed by atoms with Crippen molar-refractivity contribution in [1.82, 2.24) is 5.43 Å². The molecule has 0 bridgehead atoms. The third kappa shape index (κ3) is 9.25. The van der Waals surface area contributed by atoms with Crippen molar-refractivity contribution < 1.29 is 0 Å². The van der Waals surface area contributed by atoms with Crippen LogP contribution in [-0.4, -0.2) is 17.0 Å². The summed E-state index contributed by atoms with van der Waals surface area (Å²) in [5.74, 6) is 6.90. The topological polar surface area (TPSA) is 38.0 Å². The molecule has 120 valence electrons. The van der Waals surface area contributed by atoms with E-state index in [-0.39, 0.29) is 0 Å². The highest BCUT2D eigenvalue weighted by atomic mass is 32.2. The second-order valence-corrected chi connectivity index (χ2v) is 7.70. The third-order valence-corrected chi connectivity index (χ3v) is 6.01. The number of hydrogen-bond acceptors (Lipinski definition) is 3. The van der Waals surface area contributed by atoms with Crippen molar-refractivity contribution in [3.05, 3.63) is 0 Å². The van der Waals surface area contributed by atoms with Crippen LogP contribution in [0, 0.1) is 0 Å². The van der Waals surface area contributed by atoms with E-state index in [1.165, 1.54) is 89.2 Å². The van der Waals surface area contributed by atoms with Crippen LogP contribution in [0.25, 0.3) is 0 Å². The van der Waals surface area contributed by atoms with E-state index in [0.717, 1.165) is 5.25 Å². The van der Waals surface area contributed by atoms with Gasteiger partial charge in [0.05, 0.1) is 0 Å². The maximum atomic E-state index is 5.69. The summed E-state index contributed by atoms with van der Waals surface area (Å²) in [6.45, 7) is 2.28. The lowest BCUT2D eigenvalue weighted by Gasteiger charge is -2.17. The lowest BCUT2D eigenvalue weighted by molar-refractivity contribution is 0.491. The van der Waals surface area contributed by atoms with E-state index >= 15 is 0 Å². The summed E-state index contributed by atoms with van der Waals surface area (Å²) in [4.78, 5) is 0. The Labute approximate surface area is 131 Å². The maximum Gasteiger partial charge on any atom is 0.0301 e. The van der Waals surface area contributed by atoms with E-state index < -0.39 is 0 Å². The third-order valence-electron chi connectivity index (χ3n) is 4.48. The van der Waals surface area contributed by atoms with Crippen molar-refractivity contribution in [2.24, 2.45) is 5.84 Å². The molecule has 0 aromatic rings. The summed E-state index contributed by atoms with van der Waals surface area (Å²) >= 11 is 2.15. The van der Waals surface area contributed by atoms with E-state index in [1.54, 1.807) is 0 Å². The molecule has 2 nitrogen and oxygen atoms in total. The van der Waals surface area contributed by atoms with E-state index in [9.17, 15) is 0 Å². The molecule has 1 unspecified atom stereocenters. The zero-order valence-corrected chi connectivity index (χ0v) is 14.4. The summed E-state index contributed by atoms with van der Waals surface area (Å²) in [6.07, 6.45) is 18.2. The summed E-state index contributed by atoms with van der Waals surface area (Å²) in [5.41, 5.74) is 3.02. The number of thioether (sulfide) groups is 1. The van der Waals surface area contributed by atoms with Crippen LogP contribution in [0.15, 0.2) is 0 Å². The number of rotatable bonds is 13. The van der Waals surface area contributed by atoms with Gasteiger partial charge in [-0.05, 0) is 19.3 Å². The van der Waals surface area contributed by atoms with Gasteiger partial charge >= 0.3 is 0 Å². The van der Waals surface area contributed by atoms with Gasteiger partial charge in [0.2, 0.25) is 0 Å². The van der Waals surface area contributed by atoms with Crippen LogP contribution in [0.5, 0.6) is 0 Å². The Morgan fingerprint density at radius 2 is 1.60 bits per heavy atom. The highest BCUT2D eigenvalue weighted by molar-refractivity contribution is 7.99. The molecule has 0 saturated heterocycles. The Morgan fingerprint density at radius 3 is 2.20 bits per heavy atom. The Hall–Kier alpha value is 0.270. The molecule has 3 heteroatoms. The smallest absolute Gasteiger partial charge is 0.0301 e. The first-order valence-corrected chi connectivity index (χ1v) is 9.99. The van der Waals surface area contributed by atoms with Gasteiger partial charge in [-0.2, -0.15) is 11.8 Å². The van der Waals surface area contributed by atoms with Gasteiger partial charge in [-0.3, -0.25) is 11.3 Å². The summed E-state index contributed by atoms with van der Waals surface area (Å²) < 4.78 is 0. The second-order valence-electron chi connectivity index (χ2n) is 6.37. The zero-order valence-electron chi connectivity index (χ0n) is 13.5. The fourth-order valence-corrected chi connectivity index (χ4v) is 4.48. The molecule has 0 radical (unpaired) electrons. The number of nitrogens with one attached hydrogen (secondary N) is 1. The van der Waals surface area contributed by atoms with Gasteiger partial charge in [0.1, 0.15) is 0 Å². The molecule has 1 atom stereocenters. The molecule has 3 N–H and O–H groups in total. The lowest BCUT2D eigenvalue weighted by Crippen LogP contribution is -2.37. The molecule has 1 fully saturated rings. The van der Waals surface area contributed by atoms with Crippen molar-refractivity contribution >= 4 is 11.8 Å². The van der Waals surface area contributed by atoms with E-state index in [2.05, 4.69) is 24.1 Å². The molecule has 1 aliphatic carbocycles. The monoisotopic (exact) mass is 300 g/mol. The van der Waals surface area contributed by atoms with Crippen molar-refractivity contribution in [3.8, 4) is 0 Å². The largest absolute Gasteiger partial charge is 0.271 e. The van der Waals surface area contributed by atoms with Gasteiger partial charge in [-0.15, -0.1) is 0 Å². The molecule has 1 aliphatic rings. The predicted molar refractivity (Wildman–Crippen MR) is 93.1 cm³/mol. The first-order chi connectivity index (χ1) is 9.86. The van der Waals surface area contributed by atoms with Gasteiger partial charge < -0.3 is 0 Å². The molecule has 0 spiro atoms. The van der Waals surface area contributed by atoms with Crippen molar-refractivity contribution in [1.29, 1.82) is 0 Å². The Balaban J connectivity index is 1.89. The number of hydrazine groups is 1. The number of nitrogens with two attached hydrogens (primary N) is 1. The number of hydrogen-bond donors (Lipinski definition) is 2. The molecule has 0 amide bonds. The average Bonchev–Trinajstić information content (AvgIpc) is 2.98. The van der Waals surface area contributed by atoms with Crippen LogP contribution in [0.4, 0.5) is 0 Å². The van der Waals surface area contributed by atoms with Crippen LogP contribution < -0.4 is 11.3 Å². The van der Waals surface area contributed by atoms with E-state index in [1.807, 2.05) is 0 Å². The number of unbranched alkanes of at least 4 members (excludes halogenated alkanes) is 7. The van der Waals surface area contributed by atoms with E-state index in [0.29, 0.717) is 6.04 Å². The minimum Gasteiger partial charge on any atom is -0.271 e. The summed E-state index contributed by atoms with van der Waals surface area (Å²) in [7, 11) is 0. The molecule has 0 aromatic carbocycles. The lowest BCUT2D eigenvalue weighted by atomic mass is 10.1. The first-order valence-electron chi connectivity index (χ1n) is 8.94. The molecular weight excluding hydrogens is 264 g/mol. The van der Waals surface area contributed by atoms with Crippen LogP contribution >= 0.6 is 11.8 Å². The maximum absolute atomic E-state index is 5.69. The van der Waals surface area contributed by atoms with E-state index in [4.69, 9.17) is 5.84 Å². The minimum absolute atomic E-state index is 0.528. The van der Waals surface area contributed by atoms with Gasteiger partial charge in [-0.1, -0.05) is 71.1 Å². The second kappa shape index (κ2) is 13.0. The standard InChI is InChI=1S/C17H36N2S/c1-2-3-4-5-6-7-8-9-12-16(19-18)15-20-17-13-10-11-14-17/h16-17,19H,2-15,18H2,1H3. The van der Waals surface area contributed by atoms with Crippen molar-refractivity contribution in [2.75, 3.05) is 5.75 Å². The van der Waals surface area contributed by atoms with Crippen molar-refractivity contribution in [3.63, 3.8) is 0 Å². The van der Waals surface area contributed by atoms with Gasteiger partial charge in [0.25, 0.3) is 0 Å². The van der Waals surface area contributed by atoms with Crippen molar-refractivity contribution in [2.45, 2.75) is 102 Å². The zero-order chi connectivity index (χ0) is 14.5. The van der Waals surface area contributed by atoms with Crippen LogP contribution in [0.1, 0.15) is 90.4 Å². The predicted octanol–water partition coefficient (Wildman–Crippen LogP) is 5.02. The molecular formula is C17H36N2S. The highest BCUT2D eigenvalue weighted by Gasteiger charge is 2.17. The summed E-state index contributed by atoms with van der Waals surface area (Å²) in [6, 6.07) is 0.528. The Bertz CT molecular complexity index is 205. The highest BCUT2D eigenvalue weighted by Crippen LogP contribution is 2.30. The first kappa shape index (κ1) is 18.3. The van der Waals surface area contributed by atoms with Crippen LogP contribution in [0.2, 0.25) is 0 Å². The Kier molecular flexibility index (Phi) is 11.9. The van der Waals surface area contributed by atoms with Crippen LogP contribution in [-0.2, 0) is 0 Å². The SMILES string of the molecule is CCCCCCCCCCC(CSC1CCCC1)NN. The molecule has 1 saturated carbocycles. The Morgan fingerprint density at radius 1 is 1.00 bits per heavy atom.